The van der Waals surface area contributed by atoms with Crippen LogP contribution in [0, 0.1) is 32.1 Å². The van der Waals surface area contributed by atoms with Crippen molar-refractivity contribution in [3.8, 4) is 11.9 Å². The van der Waals surface area contributed by atoms with Crippen molar-refractivity contribution in [2.45, 2.75) is 40.0 Å². The van der Waals surface area contributed by atoms with E-state index in [2.05, 4.69) is 39.4 Å². The molecule has 0 saturated carbocycles. The number of fused-ring (bicyclic) bond motifs is 1. The number of esters is 1. The Hall–Kier alpha value is -3.54. The molecule has 8 nitrogen and oxygen atoms in total. The number of piperazine rings is 1. The Morgan fingerprint density at radius 2 is 2.15 bits per heavy atom. The lowest BCUT2D eigenvalue weighted by atomic mass is 9.93. The summed E-state index contributed by atoms with van der Waals surface area (Å²) in [7, 11) is 0. The average Bonchev–Trinajstić information content (AvgIpc) is 3.37. The summed E-state index contributed by atoms with van der Waals surface area (Å²) in [6.07, 6.45) is 3.63. The molecule has 1 aromatic carbocycles. The molecule has 0 aliphatic carbocycles. The minimum absolute atomic E-state index is 0.193. The summed E-state index contributed by atoms with van der Waals surface area (Å²) >= 11 is 0. The number of ether oxygens (including phenoxy) is 1. The number of benzene rings is 1. The molecule has 4 heterocycles. The standard InChI is InChI=1S/C25H26N6O2/c1-15-8-24(28-10-18(15)9-26)31-12-19(17(3)29-31)11-30-7-6-27-23(13-30)20-4-5-21-22(16(20)2)14-33-25(21)32/h4-5,8,10,12,23,27H,6-7,11,13-14H2,1-3H3/t23-/m0/s1. The van der Waals surface area contributed by atoms with Gasteiger partial charge in [-0.25, -0.2) is 14.5 Å². The third-order valence-corrected chi connectivity index (χ3v) is 6.69. The Morgan fingerprint density at radius 1 is 1.30 bits per heavy atom. The summed E-state index contributed by atoms with van der Waals surface area (Å²) < 4.78 is 7.01. The van der Waals surface area contributed by atoms with Gasteiger partial charge in [0.1, 0.15) is 12.7 Å². The van der Waals surface area contributed by atoms with Gasteiger partial charge in [0.15, 0.2) is 5.82 Å². The topological polar surface area (TPSA) is 96.1 Å². The molecule has 8 heteroatoms. The third-order valence-electron chi connectivity index (χ3n) is 6.69. The molecule has 168 valence electrons. The van der Waals surface area contributed by atoms with Crippen LogP contribution >= 0.6 is 0 Å². The third kappa shape index (κ3) is 3.90. The first kappa shape index (κ1) is 21.3. The van der Waals surface area contributed by atoms with Gasteiger partial charge in [-0.1, -0.05) is 6.07 Å². The Bertz CT molecular complexity index is 1290. The smallest absolute Gasteiger partial charge is 0.338 e. The predicted octanol–water partition coefficient (Wildman–Crippen LogP) is 2.88. The van der Waals surface area contributed by atoms with Gasteiger partial charge in [-0.2, -0.15) is 10.4 Å². The second-order valence-electron chi connectivity index (χ2n) is 8.78. The molecule has 33 heavy (non-hydrogen) atoms. The number of aromatic nitrogens is 3. The van der Waals surface area contributed by atoms with Gasteiger partial charge in [0.2, 0.25) is 0 Å². The summed E-state index contributed by atoms with van der Waals surface area (Å²) in [5.74, 6) is 0.488. The van der Waals surface area contributed by atoms with Crippen molar-refractivity contribution in [1.82, 2.24) is 25.0 Å². The average molecular weight is 443 g/mol. The van der Waals surface area contributed by atoms with Crippen LogP contribution in [0.15, 0.2) is 30.6 Å². The Kier molecular flexibility index (Phi) is 5.44. The molecule has 2 aromatic heterocycles. The van der Waals surface area contributed by atoms with Gasteiger partial charge in [-0.15, -0.1) is 0 Å². The van der Waals surface area contributed by atoms with E-state index in [1.165, 1.54) is 5.56 Å². The normalized spacial score (nSPS) is 18.1. The first-order chi connectivity index (χ1) is 15.9. The molecular weight excluding hydrogens is 416 g/mol. The largest absolute Gasteiger partial charge is 0.457 e. The fraction of sp³-hybridized carbons (Fsp3) is 0.360. The second-order valence-corrected chi connectivity index (χ2v) is 8.78. The zero-order chi connectivity index (χ0) is 23.1. The van der Waals surface area contributed by atoms with E-state index >= 15 is 0 Å². The van der Waals surface area contributed by atoms with Gasteiger partial charge >= 0.3 is 5.97 Å². The highest BCUT2D eigenvalue weighted by Crippen LogP contribution is 2.30. The highest BCUT2D eigenvalue weighted by molar-refractivity contribution is 5.94. The molecule has 0 spiro atoms. The van der Waals surface area contributed by atoms with Crippen LogP contribution in [0.4, 0.5) is 0 Å². The zero-order valence-electron chi connectivity index (χ0n) is 19.1. The highest BCUT2D eigenvalue weighted by Gasteiger charge is 2.28. The Labute approximate surface area is 192 Å². The summed E-state index contributed by atoms with van der Waals surface area (Å²) in [5.41, 5.74) is 7.66. The van der Waals surface area contributed by atoms with Gasteiger partial charge in [-0.3, -0.25) is 4.90 Å². The van der Waals surface area contributed by atoms with Crippen LogP contribution in [0.3, 0.4) is 0 Å². The van der Waals surface area contributed by atoms with Crippen molar-refractivity contribution in [3.05, 3.63) is 75.2 Å². The molecule has 0 bridgehead atoms. The van der Waals surface area contributed by atoms with Crippen LogP contribution in [0.5, 0.6) is 0 Å². The SMILES string of the molecule is Cc1cc(-n2cc(CN3CCN[C@H](c4ccc5c(c4C)COC5=O)C3)c(C)n2)ncc1C#N. The van der Waals surface area contributed by atoms with E-state index in [9.17, 15) is 4.79 Å². The maximum Gasteiger partial charge on any atom is 0.338 e. The number of cyclic esters (lactones) is 1. The first-order valence-corrected chi connectivity index (χ1v) is 11.1. The van der Waals surface area contributed by atoms with E-state index in [0.29, 0.717) is 23.6 Å². The molecule has 0 amide bonds. The van der Waals surface area contributed by atoms with Crippen LogP contribution in [0.25, 0.3) is 5.82 Å². The van der Waals surface area contributed by atoms with E-state index in [1.807, 2.05) is 32.2 Å². The molecule has 0 unspecified atom stereocenters. The second kappa shape index (κ2) is 8.43. The first-order valence-electron chi connectivity index (χ1n) is 11.1. The maximum absolute atomic E-state index is 11.9. The number of aryl methyl sites for hydroxylation is 2. The van der Waals surface area contributed by atoms with Gasteiger partial charge in [0.25, 0.3) is 0 Å². The van der Waals surface area contributed by atoms with Gasteiger partial charge in [0, 0.05) is 55.7 Å². The van der Waals surface area contributed by atoms with E-state index in [4.69, 9.17) is 10.00 Å². The molecule has 0 radical (unpaired) electrons. The number of hydrogen-bond acceptors (Lipinski definition) is 7. The van der Waals surface area contributed by atoms with Crippen LogP contribution in [0.2, 0.25) is 0 Å². The van der Waals surface area contributed by atoms with Crippen molar-refractivity contribution < 1.29 is 9.53 Å². The van der Waals surface area contributed by atoms with Crippen molar-refractivity contribution in [2.75, 3.05) is 19.6 Å². The molecule has 2 aliphatic rings. The fourth-order valence-corrected chi connectivity index (χ4v) is 4.70. The maximum atomic E-state index is 11.9. The number of carbonyl (C=O) groups excluding carboxylic acids is 1. The molecular formula is C25H26N6O2. The zero-order valence-corrected chi connectivity index (χ0v) is 19.1. The Morgan fingerprint density at radius 3 is 2.94 bits per heavy atom. The summed E-state index contributed by atoms with van der Waals surface area (Å²) in [5, 5.41) is 17.4. The molecule has 1 saturated heterocycles. The Balaban J connectivity index is 1.33. The number of carbonyl (C=O) groups is 1. The van der Waals surface area contributed by atoms with Gasteiger partial charge < -0.3 is 10.1 Å². The number of nitrogens with zero attached hydrogens (tertiary/aromatic N) is 5. The van der Waals surface area contributed by atoms with E-state index < -0.39 is 0 Å². The monoisotopic (exact) mass is 442 g/mol. The number of nitriles is 1. The number of pyridine rings is 1. The summed E-state index contributed by atoms with van der Waals surface area (Å²) in [4.78, 5) is 18.7. The molecule has 5 rings (SSSR count). The minimum Gasteiger partial charge on any atom is -0.457 e. The van der Waals surface area contributed by atoms with E-state index in [-0.39, 0.29) is 12.0 Å². The molecule has 2 aliphatic heterocycles. The van der Waals surface area contributed by atoms with Gasteiger partial charge in [0.05, 0.1) is 16.8 Å². The molecule has 1 fully saturated rings. The van der Waals surface area contributed by atoms with Crippen LogP contribution in [0.1, 0.15) is 55.5 Å². The van der Waals surface area contributed by atoms with Crippen molar-refractivity contribution in [3.63, 3.8) is 0 Å². The lowest BCUT2D eigenvalue weighted by molar-refractivity contribution is 0.0535. The van der Waals surface area contributed by atoms with Gasteiger partial charge in [-0.05, 0) is 49.6 Å². The number of hydrogen-bond donors (Lipinski definition) is 1. The number of nitrogens with one attached hydrogen (secondary N) is 1. The summed E-state index contributed by atoms with van der Waals surface area (Å²) in [6.45, 7) is 9.87. The number of rotatable bonds is 4. The van der Waals surface area contributed by atoms with E-state index in [0.717, 1.165) is 54.1 Å². The summed E-state index contributed by atoms with van der Waals surface area (Å²) in [6, 6.07) is 8.19. The van der Waals surface area contributed by atoms with E-state index in [1.54, 1.807) is 10.9 Å². The lowest BCUT2D eigenvalue weighted by Crippen LogP contribution is -2.45. The quantitative estimate of drug-likeness (QED) is 0.621. The van der Waals surface area contributed by atoms with Crippen LogP contribution in [-0.4, -0.2) is 45.3 Å². The van der Waals surface area contributed by atoms with Crippen molar-refractivity contribution in [2.24, 2.45) is 0 Å². The van der Waals surface area contributed by atoms with Crippen LogP contribution < -0.4 is 5.32 Å². The minimum atomic E-state index is -0.225. The molecule has 1 atom stereocenters. The predicted molar refractivity (Wildman–Crippen MR) is 122 cm³/mol. The van der Waals surface area contributed by atoms with Crippen LogP contribution in [-0.2, 0) is 17.9 Å². The lowest BCUT2D eigenvalue weighted by Gasteiger charge is -2.34. The van der Waals surface area contributed by atoms with Crippen molar-refractivity contribution >= 4 is 5.97 Å². The van der Waals surface area contributed by atoms with Crippen molar-refractivity contribution in [1.29, 1.82) is 5.26 Å². The fourth-order valence-electron chi connectivity index (χ4n) is 4.70. The molecule has 3 aromatic rings. The highest BCUT2D eigenvalue weighted by atomic mass is 16.5. The molecule has 1 N–H and O–H groups in total.